The van der Waals surface area contributed by atoms with E-state index in [1.54, 1.807) is 36.4 Å². The van der Waals surface area contributed by atoms with E-state index in [-0.39, 0.29) is 5.57 Å². The molecule has 35 heavy (non-hydrogen) atoms. The molecule has 4 aromatic carbocycles. The maximum atomic E-state index is 12.9. The van der Waals surface area contributed by atoms with Gasteiger partial charge in [-0.3, -0.25) is 15.0 Å². The number of benzene rings is 4. The lowest BCUT2D eigenvalue weighted by atomic mass is 10.1. The summed E-state index contributed by atoms with van der Waals surface area (Å²) in [6.45, 7) is 2.73. The minimum Gasteiger partial charge on any atom is -0.490 e. The highest BCUT2D eigenvalue weighted by atomic mass is 16.5. The SMILES string of the molecule is CCOc1cc(/C=C2/C(=O)NN(c3ccccc3)C2=O)ccc1OCc1cccc2ccccc12. The first-order valence-corrected chi connectivity index (χ1v) is 11.4. The highest BCUT2D eigenvalue weighted by Gasteiger charge is 2.34. The van der Waals surface area contributed by atoms with Crippen molar-refractivity contribution in [3.8, 4) is 11.5 Å². The van der Waals surface area contributed by atoms with Crippen molar-refractivity contribution < 1.29 is 19.1 Å². The maximum Gasteiger partial charge on any atom is 0.282 e. The number of rotatable bonds is 7. The molecule has 0 aromatic heterocycles. The van der Waals surface area contributed by atoms with Gasteiger partial charge in [-0.2, -0.15) is 0 Å². The molecular weight excluding hydrogens is 440 g/mol. The molecule has 1 aliphatic heterocycles. The van der Waals surface area contributed by atoms with Crippen LogP contribution in [-0.2, 0) is 16.2 Å². The molecule has 5 rings (SSSR count). The lowest BCUT2D eigenvalue weighted by Gasteiger charge is -2.14. The average molecular weight is 465 g/mol. The molecule has 1 aliphatic rings. The normalized spacial score (nSPS) is 14.4. The lowest BCUT2D eigenvalue weighted by Crippen LogP contribution is -2.35. The quantitative estimate of drug-likeness (QED) is 0.299. The van der Waals surface area contributed by atoms with Crippen molar-refractivity contribution in [3.05, 3.63) is 108 Å². The van der Waals surface area contributed by atoms with Gasteiger partial charge in [0.15, 0.2) is 11.5 Å². The molecule has 1 saturated heterocycles. The highest BCUT2D eigenvalue weighted by Crippen LogP contribution is 2.31. The van der Waals surface area contributed by atoms with Crippen LogP contribution in [0, 0.1) is 0 Å². The van der Waals surface area contributed by atoms with Gasteiger partial charge in [0, 0.05) is 0 Å². The number of nitrogens with one attached hydrogen (secondary N) is 1. The Labute approximate surface area is 203 Å². The average Bonchev–Trinajstić information content (AvgIpc) is 3.17. The van der Waals surface area contributed by atoms with Gasteiger partial charge in [0.05, 0.1) is 12.3 Å². The second kappa shape index (κ2) is 9.73. The second-order valence-electron chi connectivity index (χ2n) is 8.04. The standard InChI is InChI=1S/C29H24N2O4/c1-2-34-27-18-20(17-25-28(32)30-31(29(25)33)23-12-4-3-5-13-23)15-16-26(27)35-19-22-11-8-10-21-9-6-7-14-24(21)22/h3-18H,2,19H2,1H3,(H,30,32)/b25-17-. The number of hydrazine groups is 1. The van der Waals surface area contributed by atoms with Gasteiger partial charge in [-0.05, 0) is 59.2 Å². The van der Waals surface area contributed by atoms with Crippen molar-refractivity contribution >= 4 is 34.4 Å². The molecule has 0 atom stereocenters. The number of nitrogens with zero attached hydrogens (tertiary/aromatic N) is 1. The second-order valence-corrected chi connectivity index (χ2v) is 8.04. The summed E-state index contributed by atoms with van der Waals surface area (Å²) in [5, 5.41) is 3.55. The number of carbonyl (C=O) groups is 2. The monoisotopic (exact) mass is 464 g/mol. The summed E-state index contributed by atoms with van der Waals surface area (Å²) >= 11 is 0. The Hall–Kier alpha value is -4.58. The first-order valence-electron chi connectivity index (χ1n) is 11.4. The molecular formula is C29H24N2O4. The Morgan fingerprint density at radius 3 is 2.43 bits per heavy atom. The Balaban J connectivity index is 1.39. The molecule has 0 radical (unpaired) electrons. The third-order valence-corrected chi connectivity index (χ3v) is 5.75. The molecule has 1 fully saturated rings. The number of para-hydroxylation sites is 1. The third kappa shape index (κ3) is 4.59. The summed E-state index contributed by atoms with van der Waals surface area (Å²) in [5.74, 6) is 0.284. The van der Waals surface area contributed by atoms with Gasteiger partial charge in [0.2, 0.25) is 0 Å². The van der Waals surface area contributed by atoms with Crippen molar-refractivity contribution in [1.29, 1.82) is 0 Å². The van der Waals surface area contributed by atoms with Gasteiger partial charge < -0.3 is 9.47 Å². The summed E-state index contributed by atoms with van der Waals surface area (Å²) in [6.07, 6.45) is 1.57. The van der Waals surface area contributed by atoms with Crippen molar-refractivity contribution in [2.75, 3.05) is 11.6 Å². The van der Waals surface area contributed by atoms with E-state index < -0.39 is 11.8 Å². The minimum atomic E-state index is -0.451. The summed E-state index contributed by atoms with van der Waals surface area (Å²) < 4.78 is 11.9. The Bertz CT molecular complexity index is 1420. The zero-order chi connectivity index (χ0) is 24.2. The molecule has 0 unspecified atom stereocenters. The summed E-state index contributed by atoms with van der Waals surface area (Å²) in [7, 11) is 0. The van der Waals surface area contributed by atoms with E-state index in [1.165, 1.54) is 5.01 Å². The summed E-state index contributed by atoms with van der Waals surface area (Å²) in [4.78, 5) is 25.4. The van der Waals surface area contributed by atoms with Gasteiger partial charge in [0.25, 0.3) is 11.8 Å². The number of amides is 2. The van der Waals surface area contributed by atoms with Gasteiger partial charge in [-0.1, -0.05) is 66.7 Å². The fraction of sp³-hybridized carbons (Fsp3) is 0.103. The zero-order valence-electron chi connectivity index (χ0n) is 19.2. The number of hydrogen-bond acceptors (Lipinski definition) is 4. The van der Waals surface area contributed by atoms with Crippen LogP contribution >= 0.6 is 0 Å². The Kier molecular flexibility index (Phi) is 6.18. The molecule has 174 valence electrons. The smallest absolute Gasteiger partial charge is 0.282 e. The molecule has 4 aromatic rings. The largest absolute Gasteiger partial charge is 0.490 e. The molecule has 0 aliphatic carbocycles. The van der Waals surface area contributed by atoms with E-state index in [4.69, 9.17) is 9.47 Å². The van der Waals surface area contributed by atoms with E-state index >= 15 is 0 Å². The van der Waals surface area contributed by atoms with Crippen molar-refractivity contribution in [2.24, 2.45) is 0 Å². The Morgan fingerprint density at radius 2 is 1.60 bits per heavy atom. The van der Waals surface area contributed by atoms with Crippen molar-refractivity contribution in [3.63, 3.8) is 0 Å². The van der Waals surface area contributed by atoms with E-state index in [9.17, 15) is 9.59 Å². The van der Waals surface area contributed by atoms with Crippen LogP contribution < -0.4 is 19.9 Å². The van der Waals surface area contributed by atoms with Crippen LogP contribution in [0.3, 0.4) is 0 Å². The van der Waals surface area contributed by atoms with Gasteiger partial charge in [0.1, 0.15) is 12.2 Å². The maximum absolute atomic E-state index is 12.9. The van der Waals surface area contributed by atoms with Crippen LogP contribution in [0.5, 0.6) is 11.5 Å². The van der Waals surface area contributed by atoms with Gasteiger partial charge in [-0.15, -0.1) is 0 Å². The minimum absolute atomic E-state index is 0.0562. The number of anilines is 1. The van der Waals surface area contributed by atoms with Crippen molar-refractivity contribution in [1.82, 2.24) is 5.43 Å². The van der Waals surface area contributed by atoms with Crippen molar-refractivity contribution in [2.45, 2.75) is 13.5 Å². The fourth-order valence-electron chi connectivity index (χ4n) is 4.06. The molecule has 0 spiro atoms. The van der Waals surface area contributed by atoms with Crippen LogP contribution in [0.25, 0.3) is 16.8 Å². The van der Waals surface area contributed by atoms with E-state index in [2.05, 4.69) is 23.6 Å². The number of fused-ring (bicyclic) bond motifs is 1. The summed E-state index contributed by atoms with van der Waals surface area (Å²) in [5.41, 5.74) is 5.01. The number of carbonyl (C=O) groups excluding carboxylic acids is 2. The van der Waals surface area contributed by atoms with E-state index in [1.807, 2.05) is 49.4 Å². The number of ether oxygens (including phenoxy) is 2. The summed E-state index contributed by atoms with van der Waals surface area (Å²) in [6, 6.07) is 28.7. The van der Waals surface area contributed by atoms with E-state index in [0.29, 0.717) is 36.0 Å². The molecule has 6 heteroatoms. The van der Waals surface area contributed by atoms with E-state index in [0.717, 1.165) is 16.3 Å². The molecule has 0 saturated carbocycles. The van der Waals surface area contributed by atoms with Gasteiger partial charge >= 0.3 is 0 Å². The lowest BCUT2D eigenvalue weighted by molar-refractivity contribution is -0.117. The molecule has 1 N–H and O–H groups in total. The predicted molar refractivity (Wildman–Crippen MR) is 136 cm³/mol. The van der Waals surface area contributed by atoms with Crippen LogP contribution in [0.2, 0.25) is 0 Å². The molecule has 0 bridgehead atoms. The molecule has 1 heterocycles. The molecule has 2 amide bonds. The van der Waals surface area contributed by atoms with Gasteiger partial charge in [-0.25, -0.2) is 5.01 Å². The van der Waals surface area contributed by atoms with Crippen LogP contribution in [0.15, 0.2) is 96.6 Å². The molecule has 6 nitrogen and oxygen atoms in total. The first-order chi connectivity index (χ1) is 17.1. The van der Waals surface area contributed by atoms with Crippen LogP contribution in [0.4, 0.5) is 5.69 Å². The number of hydrogen-bond donors (Lipinski definition) is 1. The highest BCUT2D eigenvalue weighted by molar-refractivity contribution is 6.31. The van der Waals surface area contributed by atoms with Crippen LogP contribution in [0.1, 0.15) is 18.1 Å². The first kappa shape index (κ1) is 22.2. The van der Waals surface area contributed by atoms with Crippen LogP contribution in [-0.4, -0.2) is 18.4 Å². The topological polar surface area (TPSA) is 67.9 Å². The fourth-order valence-corrected chi connectivity index (χ4v) is 4.06. The Morgan fingerprint density at radius 1 is 0.829 bits per heavy atom. The predicted octanol–water partition coefficient (Wildman–Crippen LogP) is 5.28. The third-order valence-electron chi connectivity index (χ3n) is 5.75. The zero-order valence-corrected chi connectivity index (χ0v) is 19.2.